The summed E-state index contributed by atoms with van der Waals surface area (Å²) in [4.78, 5) is 14.7. The number of benzene rings is 1. The lowest BCUT2D eigenvalue weighted by Crippen LogP contribution is -2.21. The highest BCUT2D eigenvalue weighted by atomic mass is 16.4. The molecule has 21 heavy (non-hydrogen) atoms. The van der Waals surface area contributed by atoms with Crippen molar-refractivity contribution in [2.75, 3.05) is 18.4 Å². The molecule has 0 aliphatic rings. The van der Waals surface area contributed by atoms with E-state index >= 15 is 0 Å². The van der Waals surface area contributed by atoms with E-state index in [-0.39, 0.29) is 0 Å². The van der Waals surface area contributed by atoms with Crippen LogP contribution in [0.5, 0.6) is 0 Å². The topological polar surface area (TPSA) is 74.2 Å². The van der Waals surface area contributed by atoms with Crippen LogP contribution in [0.4, 0.5) is 10.5 Å². The van der Waals surface area contributed by atoms with Gasteiger partial charge < -0.3 is 15.7 Å². The number of amides is 1. The molecule has 0 bridgehead atoms. The average Bonchev–Trinajstić information content (AvgIpc) is 2.50. The molecule has 0 radical (unpaired) electrons. The fourth-order valence-electron chi connectivity index (χ4n) is 2.27. The molecule has 1 heterocycles. The molecule has 0 aliphatic carbocycles. The Morgan fingerprint density at radius 1 is 1.05 bits per heavy atom. The highest BCUT2D eigenvalue weighted by Gasteiger charge is 2.00. The summed E-state index contributed by atoms with van der Waals surface area (Å²) in [6.45, 7) is 1.44. The zero-order valence-electron chi connectivity index (χ0n) is 12.0. The highest BCUT2D eigenvalue weighted by Crippen LogP contribution is 2.20. The largest absolute Gasteiger partial charge is 0.465 e. The van der Waals surface area contributed by atoms with E-state index in [2.05, 4.69) is 27.8 Å². The number of carbonyl (C=O) groups is 1. The molecule has 0 unspecified atom stereocenters. The molecule has 5 nitrogen and oxygen atoms in total. The quantitative estimate of drug-likeness (QED) is 0.650. The second-order valence-corrected chi connectivity index (χ2v) is 4.95. The number of carboxylic acid groups (broad SMARTS) is 1. The van der Waals surface area contributed by atoms with Crippen LogP contribution >= 0.6 is 0 Å². The van der Waals surface area contributed by atoms with Gasteiger partial charge in [0.2, 0.25) is 0 Å². The molecular weight excluding hydrogens is 266 g/mol. The molecule has 1 aromatic carbocycles. The lowest BCUT2D eigenvalue weighted by Gasteiger charge is -2.09. The Morgan fingerprint density at radius 2 is 1.81 bits per heavy atom. The van der Waals surface area contributed by atoms with Crippen LogP contribution < -0.4 is 10.6 Å². The number of para-hydroxylation sites is 1. The molecule has 0 atom stereocenters. The fraction of sp³-hybridized carbons (Fsp3) is 0.375. The van der Waals surface area contributed by atoms with Crippen molar-refractivity contribution < 1.29 is 9.90 Å². The van der Waals surface area contributed by atoms with Gasteiger partial charge in [-0.05, 0) is 25.0 Å². The van der Waals surface area contributed by atoms with Gasteiger partial charge in [0.05, 0.1) is 11.2 Å². The molecule has 0 spiro atoms. The van der Waals surface area contributed by atoms with E-state index in [1.807, 2.05) is 24.4 Å². The van der Waals surface area contributed by atoms with Gasteiger partial charge in [-0.15, -0.1) is 0 Å². The summed E-state index contributed by atoms with van der Waals surface area (Å²) < 4.78 is 0. The zero-order valence-corrected chi connectivity index (χ0v) is 12.0. The lowest BCUT2D eigenvalue weighted by atomic mass is 10.1. The Kier molecular flexibility index (Phi) is 5.82. The summed E-state index contributed by atoms with van der Waals surface area (Å²) in [6.07, 6.45) is 4.95. The van der Waals surface area contributed by atoms with Crippen molar-refractivity contribution >= 4 is 22.7 Å². The Bertz CT molecular complexity index is 581. The smallest absolute Gasteiger partial charge is 0.404 e. The minimum atomic E-state index is -0.944. The van der Waals surface area contributed by atoms with Gasteiger partial charge in [-0.25, -0.2) is 4.79 Å². The number of unbranched alkanes of at least 4 members (excludes halogenated alkanes) is 3. The summed E-state index contributed by atoms with van der Waals surface area (Å²) >= 11 is 0. The molecule has 112 valence electrons. The van der Waals surface area contributed by atoms with E-state index in [1.54, 1.807) is 0 Å². The number of nitrogens with zero attached hydrogens (tertiary/aromatic N) is 1. The van der Waals surface area contributed by atoms with Crippen molar-refractivity contribution in [2.45, 2.75) is 25.7 Å². The first-order valence-corrected chi connectivity index (χ1v) is 7.32. The number of nitrogens with one attached hydrogen (secondary N) is 2. The first-order valence-electron chi connectivity index (χ1n) is 7.32. The van der Waals surface area contributed by atoms with Crippen LogP contribution in [0.25, 0.3) is 10.9 Å². The minimum absolute atomic E-state index is 0.538. The van der Waals surface area contributed by atoms with E-state index in [0.717, 1.165) is 48.8 Å². The van der Waals surface area contributed by atoms with Gasteiger partial charge in [0.15, 0.2) is 0 Å². The number of anilines is 1. The molecule has 1 amide bonds. The summed E-state index contributed by atoms with van der Waals surface area (Å²) in [5.74, 6) is 0. The van der Waals surface area contributed by atoms with E-state index in [4.69, 9.17) is 5.11 Å². The molecule has 5 heteroatoms. The molecule has 0 saturated carbocycles. The van der Waals surface area contributed by atoms with Crippen LogP contribution in [0.3, 0.4) is 0 Å². The summed E-state index contributed by atoms with van der Waals surface area (Å²) in [6, 6.07) is 10.1. The number of aromatic nitrogens is 1. The highest BCUT2D eigenvalue weighted by molar-refractivity contribution is 5.90. The SMILES string of the molecule is O=C(O)NCCCCCCNc1cccc2cccnc12. The zero-order chi connectivity index (χ0) is 14.9. The van der Waals surface area contributed by atoms with Crippen LogP contribution in [0, 0.1) is 0 Å². The van der Waals surface area contributed by atoms with Gasteiger partial charge in [0, 0.05) is 24.7 Å². The van der Waals surface area contributed by atoms with Gasteiger partial charge in [0.25, 0.3) is 0 Å². The first kappa shape index (κ1) is 15.1. The van der Waals surface area contributed by atoms with Crippen molar-refractivity contribution in [3.8, 4) is 0 Å². The summed E-state index contributed by atoms with van der Waals surface area (Å²) in [7, 11) is 0. The monoisotopic (exact) mass is 287 g/mol. The van der Waals surface area contributed by atoms with Gasteiger partial charge in [-0.2, -0.15) is 0 Å². The minimum Gasteiger partial charge on any atom is -0.465 e. The maximum absolute atomic E-state index is 10.3. The number of hydrogen-bond acceptors (Lipinski definition) is 3. The Morgan fingerprint density at radius 3 is 2.62 bits per heavy atom. The molecule has 3 N–H and O–H groups in total. The van der Waals surface area contributed by atoms with Crippen molar-refractivity contribution in [1.82, 2.24) is 10.3 Å². The van der Waals surface area contributed by atoms with E-state index < -0.39 is 6.09 Å². The van der Waals surface area contributed by atoms with Crippen LogP contribution in [0.2, 0.25) is 0 Å². The van der Waals surface area contributed by atoms with Gasteiger partial charge in [-0.1, -0.05) is 31.0 Å². The summed E-state index contributed by atoms with van der Waals surface area (Å²) in [5, 5.41) is 15.4. The van der Waals surface area contributed by atoms with Crippen molar-refractivity contribution in [2.24, 2.45) is 0 Å². The number of pyridine rings is 1. The Hall–Kier alpha value is -2.30. The second kappa shape index (κ2) is 8.09. The normalized spacial score (nSPS) is 10.5. The molecule has 0 saturated heterocycles. The maximum atomic E-state index is 10.3. The Labute approximate surface area is 124 Å². The number of fused-ring (bicyclic) bond motifs is 1. The third kappa shape index (κ3) is 4.95. The molecule has 0 fully saturated rings. The van der Waals surface area contributed by atoms with Crippen LogP contribution in [0.1, 0.15) is 25.7 Å². The average molecular weight is 287 g/mol. The second-order valence-electron chi connectivity index (χ2n) is 4.95. The molecular formula is C16H21N3O2. The van der Waals surface area contributed by atoms with E-state index in [9.17, 15) is 4.79 Å². The first-order chi connectivity index (χ1) is 10.3. The van der Waals surface area contributed by atoms with Crippen molar-refractivity contribution in [3.63, 3.8) is 0 Å². The Balaban J connectivity index is 1.67. The van der Waals surface area contributed by atoms with Crippen LogP contribution in [-0.2, 0) is 0 Å². The molecule has 0 aliphatic heterocycles. The predicted octanol–water partition coefficient (Wildman–Crippen LogP) is 3.47. The van der Waals surface area contributed by atoms with E-state index in [1.165, 1.54) is 0 Å². The van der Waals surface area contributed by atoms with Crippen LogP contribution in [-0.4, -0.2) is 29.3 Å². The molecule has 1 aromatic heterocycles. The third-order valence-electron chi connectivity index (χ3n) is 3.33. The standard InChI is InChI=1S/C16H21N3O2/c20-16(21)19-11-4-2-1-3-10-17-14-9-5-7-13-8-6-12-18-15(13)14/h5-9,12,17,19H,1-4,10-11H2,(H,20,21). The van der Waals surface area contributed by atoms with Crippen molar-refractivity contribution in [1.29, 1.82) is 0 Å². The van der Waals surface area contributed by atoms with Crippen LogP contribution in [0.15, 0.2) is 36.5 Å². The lowest BCUT2D eigenvalue weighted by molar-refractivity contribution is 0.194. The van der Waals surface area contributed by atoms with Gasteiger partial charge >= 0.3 is 6.09 Å². The van der Waals surface area contributed by atoms with E-state index in [0.29, 0.717) is 6.54 Å². The fourth-order valence-corrected chi connectivity index (χ4v) is 2.27. The third-order valence-corrected chi connectivity index (χ3v) is 3.33. The van der Waals surface area contributed by atoms with Gasteiger partial charge in [-0.3, -0.25) is 4.98 Å². The summed E-state index contributed by atoms with van der Waals surface area (Å²) in [5.41, 5.74) is 2.08. The van der Waals surface area contributed by atoms with Gasteiger partial charge in [0.1, 0.15) is 0 Å². The maximum Gasteiger partial charge on any atom is 0.404 e. The number of hydrogen-bond donors (Lipinski definition) is 3. The van der Waals surface area contributed by atoms with Crippen molar-refractivity contribution in [3.05, 3.63) is 36.5 Å². The predicted molar refractivity (Wildman–Crippen MR) is 84.7 cm³/mol. The molecule has 2 aromatic rings. The molecule has 2 rings (SSSR count). The number of rotatable bonds is 8.